The van der Waals surface area contributed by atoms with Gasteiger partial charge in [0.1, 0.15) is 12.4 Å². The number of aryl methyl sites for hydroxylation is 2. The van der Waals surface area contributed by atoms with Crippen LogP contribution in [-0.2, 0) is 6.42 Å². The Balaban J connectivity index is 0.00000312. The lowest BCUT2D eigenvalue weighted by atomic mass is 10.3. The van der Waals surface area contributed by atoms with Crippen LogP contribution in [0.3, 0.4) is 0 Å². The van der Waals surface area contributed by atoms with Crippen molar-refractivity contribution in [3.8, 4) is 5.75 Å². The molecular weight excluding hydrogens is 447 g/mol. The molecule has 5 nitrogen and oxygen atoms in total. The van der Waals surface area contributed by atoms with Gasteiger partial charge in [0, 0.05) is 31.9 Å². The Morgan fingerprint density at radius 1 is 1.28 bits per heavy atom. The summed E-state index contributed by atoms with van der Waals surface area (Å²) in [7, 11) is 3.82. The molecule has 0 spiro atoms. The quantitative estimate of drug-likeness (QED) is 0.379. The standard InChI is InChI=1S/C18H26N4OS.HI/c1-14-17(24-15(2)21-14)10-11-20-18(19-3)22(4)12-13-23-16-8-6-5-7-9-16;/h5-9H,10-13H2,1-4H3,(H,19,20);1H. The van der Waals surface area contributed by atoms with Crippen molar-refractivity contribution >= 4 is 41.3 Å². The average Bonchev–Trinajstić information content (AvgIpc) is 2.90. The third-order valence-electron chi connectivity index (χ3n) is 3.65. The molecule has 138 valence electrons. The molecule has 25 heavy (non-hydrogen) atoms. The van der Waals surface area contributed by atoms with Crippen LogP contribution in [0.4, 0.5) is 0 Å². The summed E-state index contributed by atoms with van der Waals surface area (Å²) in [6.07, 6.45) is 0.963. The number of aromatic nitrogens is 1. The van der Waals surface area contributed by atoms with Gasteiger partial charge < -0.3 is 15.0 Å². The third kappa shape index (κ3) is 7.19. The maximum absolute atomic E-state index is 5.73. The van der Waals surface area contributed by atoms with Crippen molar-refractivity contribution in [2.75, 3.05) is 33.8 Å². The minimum absolute atomic E-state index is 0. The van der Waals surface area contributed by atoms with E-state index >= 15 is 0 Å². The first-order chi connectivity index (χ1) is 11.6. The molecule has 7 heteroatoms. The number of halogens is 1. The van der Waals surface area contributed by atoms with E-state index in [9.17, 15) is 0 Å². The van der Waals surface area contributed by atoms with Gasteiger partial charge in [-0.1, -0.05) is 18.2 Å². The molecular formula is C18H27IN4OS. The van der Waals surface area contributed by atoms with Crippen LogP contribution in [-0.4, -0.2) is 49.6 Å². The van der Waals surface area contributed by atoms with Gasteiger partial charge in [0.15, 0.2) is 5.96 Å². The SMILES string of the molecule is CN=C(NCCc1sc(C)nc1C)N(C)CCOc1ccccc1.I. The summed E-state index contributed by atoms with van der Waals surface area (Å²) in [6.45, 7) is 6.36. The molecule has 0 aliphatic carbocycles. The molecule has 1 aromatic heterocycles. The summed E-state index contributed by atoms with van der Waals surface area (Å²) in [5, 5.41) is 4.53. The van der Waals surface area contributed by atoms with E-state index < -0.39 is 0 Å². The number of thiazole rings is 1. The van der Waals surface area contributed by atoms with E-state index in [1.807, 2.05) is 44.3 Å². The molecule has 1 aromatic carbocycles. The van der Waals surface area contributed by atoms with E-state index in [1.54, 1.807) is 18.4 Å². The second-order valence-corrected chi connectivity index (χ2v) is 6.84. The van der Waals surface area contributed by atoms with Crippen molar-refractivity contribution in [2.24, 2.45) is 4.99 Å². The molecule has 0 bridgehead atoms. The molecule has 1 N–H and O–H groups in total. The summed E-state index contributed by atoms with van der Waals surface area (Å²) in [5.74, 6) is 1.77. The van der Waals surface area contributed by atoms with Crippen LogP contribution in [0.1, 0.15) is 15.6 Å². The van der Waals surface area contributed by atoms with Gasteiger partial charge in [0.25, 0.3) is 0 Å². The topological polar surface area (TPSA) is 49.8 Å². The van der Waals surface area contributed by atoms with Crippen LogP contribution < -0.4 is 10.1 Å². The van der Waals surface area contributed by atoms with Gasteiger partial charge in [0.05, 0.1) is 17.2 Å². The molecule has 1 heterocycles. The highest BCUT2D eigenvalue weighted by atomic mass is 127. The van der Waals surface area contributed by atoms with E-state index in [0.29, 0.717) is 6.61 Å². The fraction of sp³-hybridized carbons (Fsp3) is 0.444. The first kappa shape index (κ1) is 21.7. The predicted octanol–water partition coefficient (Wildman–Crippen LogP) is 3.51. The first-order valence-corrected chi connectivity index (χ1v) is 8.94. The zero-order valence-electron chi connectivity index (χ0n) is 15.3. The predicted molar refractivity (Wildman–Crippen MR) is 117 cm³/mol. The largest absolute Gasteiger partial charge is 0.492 e. The second-order valence-electron chi connectivity index (χ2n) is 5.55. The minimum Gasteiger partial charge on any atom is -0.492 e. The van der Waals surface area contributed by atoms with E-state index in [1.165, 1.54) is 4.88 Å². The molecule has 0 aliphatic rings. The summed E-state index contributed by atoms with van der Waals surface area (Å²) >= 11 is 1.77. The number of para-hydroxylation sites is 1. The first-order valence-electron chi connectivity index (χ1n) is 8.12. The number of aliphatic imine (C=N–C) groups is 1. The van der Waals surface area contributed by atoms with E-state index in [0.717, 1.165) is 41.9 Å². The van der Waals surface area contributed by atoms with Crippen LogP contribution in [0, 0.1) is 13.8 Å². The van der Waals surface area contributed by atoms with Crippen molar-refractivity contribution in [3.63, 3.8) is 0 Å². The average molecular weight is 474 g/mol. The molecule has 0 saturated carbocycles. The summed E-state index contributed by atoms with van der Waals surface area (Å²) in [5.41, 5.74) is 1.14. The van der Waals surface area contributed by atoms with Crippen LogP contribution in [0.25, 0.3) is 0 Å². The molecule has 0 aliphatic heterocycles. The normalized spacial score (nSPS) is 11.0. The van der Waals surface area contributed by atoms with Gasteiger partial charge in [0.2, 0.25) is 0 Å². The fourth-order valence-electron chi connectivity index (χ4n) is 2.40. The number of ether oxygens (including phenoxy) is 1. The van der Waals surface area contributed by atoms with Crippen molar-refractivity contribution in [1.29, 1.82) is 0 Å². The lowest BCUT2D eigenvalue weighted by Gasteiger charge is -2.22. The van der Waals surface area contributed by atoms with Crippen molar-refractivity contribution in [1.82, 2.24) is 15.2 Å². The van der Waals surface area contributed by atoms with Gasteiger partial charge in [-0.3, -0.25) is 4.99 Å². The number of nitrogens with one attached hydrogen (secondary N) is 1. The maximum Gasteiger partial charge on any atom is 0.193 e. The van der Waals surface area contributed by atoms with Crippen LogP contribution in [0.15, 0.2) is 35.3 Å². The van der Waals surface area contributed by atoms with Crippen LogP contribution in [0.5, 0.6) is 5.75 Å². The maximum atomic E-state index is 5.73. The van der Waals surface area contributed by atoms with Crippen molar-refractivity contribution < 1.29 is 4.74 Å². The number of benzene rings is 1. The minimum atomic E-state index is 0. The highest BCUT2D eigenvalue weighted by Crippen LogP contribution is 2.17. The van der Waals surface area contributed by atoms with E-state index in [2.05, 4.69) is 27.1 Å². The third-order valence-corrected chi connectivity index (χ3v) is 4.78. The molecule has 0 unspecified atom stereocenters. The molecule has 0 radical (unpaired) electrons. The van der Waals surface area contributed by atoms with Gasteiger partial charge in [-0.05, 0) is 26.0 Å². The Kier molecular flexibility index (Phi) is 9.81. The van der Waals surface area contributed by atoms with Gasteiger partial charge >= 0.3 is 0 Å². The van der Waals surface area contributed by atoms with Crippen molar-refractivity contribution in [2.45, 2.75) is 20.3 Å². The molecule has 0 fully saturated rings. The number of nitrogens with zero attached hydrogens (tertiary/aromatic N) is 3. The highest BCUT2D eigenvalue weighted by molar-refractivity contribution is 14.0. The number of hydrogen-bond donors (Lipinski definition) is 1. The molecule has 0 amide bonds. The molecule has 0 saturated heterocycles. The lowest BCUT2D eigenvalue weighted by Crippen LogP contribution is -2.41. The lowest BCUT2D eigenvalue weighted by molar-refractivity contribution is 0.281. The zero-order chi connectivity index (χ0) is 17.4. The summed E-state index contributed by atoms with van der Waals surface area (Å²) in [6, 6.07) is 9.86. The molecule has 2 aromatic rings. The number of rotatable bonds is 7. The van der Waals surface area contributed by atoms with Crippen molar-refractivity contribution in [3.05, 3.63) is 45.9 Å². The Morgan fingerprint density at radius 3 is 2.60 bits per heavy atom. The van der Waals surface area contributed by atoms with Gasteiger partial charge in [-0.2, -0.15) is 0 Å². The zero-order valence-corrected chi connectivity index (χ0v) is 18.4. The second kappa shape index (κ2) is 11.3. The number of likely N-dealkylation sites (N-methyl/N-ethyl adjacent to an activating group) is 1. The summed E-state index contributed by atoms with van der Waals surface area (Å²) < 4.78 is 5.73. The van der Waals surface area contributed by atoms with Gasteiger partial charge in [-0.25, -0.2) is 4.98 Å². The smallest absolute Gasteiger partial charge is 0.193 e. The van der Waals surface area contributed by atoms with E-state index in [-0.39, 0.29) is 24.0 Å². The van der Waals surface area contributed by atoms with Crippen LogP contribution >= 0.6 is 35.3 Å². The summed E-state index contributed by atoms with van der Waals surface area (Å²) in [4.78, 5) is 12.2. The monoisotopic (exact) mass is 474 g/mol. The fourth-order valence-corrected chi connectivity index (χ4v) is 3.34. The number of hydrogen-bond acceptors (Lipinski definition) is 4. The Labute approximate surface area is 171 Å². The highest BCUT2D eigenvalue weighted by Gasteiger charge is 2.08. The Hall–Kier alpha value is -1.35. The Bertz CT molecular complexity index is 660. The van der Waals surface area contributed by atoms with E-state index in [4.69, 9.17) is 4.74 Å². The molecule has 0 atom stereocenters. The van der Waals surface area contributed by atoms with Crippen LogP contribution in [0.2, 0.25) is 0 Å². The Morgan fingerprint density at radius 2 is 2.00 bits per heavy atom. The number of guanidine groups is 1. The van der Waals surface area contributed by atoms with Gasteiger partial charge in [-0.15, -0.1) is 35.3 Å². The molecule has 2 rings (SSSR count).